The lowest BCUT2D eigenvalue weighted by molar-refractivity contribution is -0.130. The third-order valence-electron chi connectivity index (χ3n) is 6.64. The van der Waals surface area contributed by atoms with Crippen LogP contribution in [-0.4, -0.2) is 64.4 Å². The van der Waals surface area contributed by atoms with E-state index in [1.807, 2.05) is 17.9 Å². The number of aromatic nitrogens is 1. The van der Waals surface area contributed by atoms with Crippen LogP contribution in [0.5, 0.6) is 0 Å². The van der Waals surface area contributed by atoms with Gasteiger partial charge in [0.2, 0.25) is 11.8 Å². The summed E-state index contributed by atoms with van der Waals surface area (Å²) in [6.45, 7) is 11.0. The van der Waals surface area contributed by atoms with Crippen LogP contribution in [0.1, 0.15) is 42.3 Å². The lowest BCUT2D eigenvalue weighted by atomic mass is 10.2. The summed E-state index contributed by atoms with van der Waals surface area (Å²) in [6, 6.07) is 10.8. The Morgan fingerprint density at radius 2 is 1.69 bits per heavy atom. The number of carbonyl (C=O) groups is 2. The van der Waals surface area contributed by atoms with Crippen molar-refractivity contribution < 1.29 is 9.59 Å². The molecule has 2 aromatic rings. The normalized spacial score (nSPS) is 18.2. The Labute approximate surface area is 190 Å². The molecule has 2 amide bonds. The number of nitrogens with one attached hydrogen (secondary N) is 1. The largest absolute Gasteiger partial charge is 0.352 e. The lowest BCUT2D eigenvalue weighted by Gasteiger charge is -2.37. The van der Waals surface area contributed by atoms with Gasteiger partial charge in [0, 0.05) is 55.4 Å². The second-order valence-corrected chi connectivity index (χ2v) is 9.15. The molecule has 2 heterocycles. The maximum Gasteiger partial charge on any atom is 0.246 e. The average Bonchev–Trinajstić information content (AvgIpc) is 3.56. The molecule has 1 aromatic carbocycles. The second-order valence-electron chi connectivity index (χ2n) is 9.15. The zero-order valence-corrected chi connectivity index (χ0v) is 19.6. The molecule has 1 aliphatic carbocycles. The van der Waals surface area contributed by atoms with Gasteiger partial charge in [-0.05, 0) is 70.4 Å². The highest BCUT2D eigenvalue weighted by Crippen LogP contribution is 2.22. The van der Waals surface area contributed by atoms with Crippen LogP contribution in [0, 0.1) is 20.8 Å². The summed E-state index contributed by atoms with van der Waals surface area (Å²) in [5.41, 5.74) is 5.69. The molecular formula is C26H34N4O2. The van der Waals surface area contributed by atoms with E-state index in [1.165, 1.54) is 5.56 Å². The standard InChI is InChI=1S/C26H34N4O2/c1-18-5-10-24(11-6-18)30-19(2)17-22(20(30)3)7-12-25(31)29-15-13-28(14-16-29)21(4)26(32)27-23-8-9-23/h5-7,10-12,17,21,23H,8-9,13-16H2,1-4H3,(H,27,32)/b12-7+. The van der Waals surface area contributed by atoms with Crippen molar-refractivity contribution in [2.75, 3.05) is 26.2 Å². The minimum Gasteiger partial charge on any atom is -0.352 e. The summed E-state index contributed by atoms with van der Waals surface area (Å²) in [6.07, 6.45) is 5.80. The van der Waals surface area contributed by atoms with E-state index in [-0.39, 0.29) is 17.9 Å². The maximum atomic E-state index is 12.8. The summed E-state index contributed by atoms with van der Waals surface area (Å²) in [5, 5.41) is 3.08. The first kappa shape index (κ1) is 22.3. The van der Waals surface area contributed by atoms with Gasteiger partial charge >= 0.3 is 0 Å². The number of hydrogen-bond donors (Lipinski definition) is 1. The monoisotopic (exact) mass is 434 g/mol. The van der Waals surface area contributed by atoms with Crippen molar-refractivity contribution in [2.45, 2.75) is 52.6 Å². The van der Waals surface area contributed by atoms with Crippen molar-refractivity contribution in [1.82, 2.24) is 19.7 Å². The Morgan fingerprint density at radius 1 is 1.03 bits per heavy atom. The molecule has 6 nitrogen and oxygen atoms in total. The Morgan fingerprint density at radius 3 is 2.31 bits per heavy atom. The molecule has 1 aliphatic heterocycles. The number of aryl methyl sites for hydroxylation is 2. The van der Waals surface area contributed by atoms with E-state index in [2.05, 4.69) is 65.9 Å². The van der Waals surface area contributed by atoms with Crippen molar-refractivity contribution in [1.29, 1.82) is 0 Å². The van der Waals surface area contributed by atoms with Crippen molar-refractivity contribution >= 4 is 17.9 Å². The van der Waals surface area contributed by atoms with Crippen LogP contribution in [0.25, 0.3) is 11.8 Å². The number of piperazine rings is 1. The van der Waals surface area contributed by atoms with Crippen LogP contribution in [0.3, 0.4) is 0 Å². The number of hydrogen-bond acceptors (Lipinski definition) is 3. The van der Waals surface area contributed by atoms with E-state index in [4.69, 9.17) is 0 Å². The molecule has 1 N–H and O–H groups in total. The highest BCUT2D eigenvalue weighted by Gasteiger charge is 2.30. The minimum absolute atomic E-state index is 0.0277. The number of benzene rings is 1. The third-order valence-corrected chi connectivity index (χ3v) is 6.64. The van der Waals surface area contributed by atoms with Crippen molar-refractivity contribution in [3.63, 3.8) is 0 Å². The fourth-order valence-electron chi connectivity index (χ4n) is 4.36. The zero-order valence-electron chi connectivity index (χ0n) is 19.6. The number of amides is 2. The van der Waals surface area contributed by atoms with Crippen LogP contribution >= 0.6 is 0 Å². The first-order chi connectivity index (χ1) is 15.3. The quantitative estimate of drug-likeness (QED) is 0.711. The molecule has 1 aromatic heterocycles. The molecule has 1 atom stereocenters. The maximum absolute atomic E-state index is 12.8. The van der Waals surface area contributed by atoms with Gasteiger partial charge in [0.15, 0.2) is 0 Å². The molecular weight excluding hydrogens is 400 g/mol. The first-order valence-electron chi connectivity index (χ1n) is 11.6. The summed E-state index contributed by atoms with van der Waals surface area (Å²) < 4.78 is 2.22. The Bertz CT molecular complexity index is 1010. The summed E-state index contributed by atoms with van der Waals surface area (Å²) in [7, 11) is 0. The van der Waals surface area contributed by atoms with E-state index in [0.29, 0.717) is 19.1 Å². The van der Waals surface area contributed by atoms with Gasteiger partial charge in [-0.2, -0.15) is 0 Å². The van der Waals surface area contributed by atoms with E-state index < -0.39 is 0 Å². The van der Waals surface area contributed by atoms with Gasteiger partial charge in [-0.15, -0.1) is 0 Å². The molecule has 2 fully saturated rings. The van der Waals surface area contributed by atoms with Gasteiger partial charge in [-0.3, -0.25) is 14.5 Å². The van der Waals surface area contributed by atoms with Crippen molar-refractivity contribution in [3.05, 3.63) is 58.9 Å². The van der Waals surface area contributed by atoms with Crippen LogP contribution in [0.4, 0.5) is 0 Å². The molecule has 6 heteroatoms. The predicted octanol–water partition coefficient (Wildman–Crippen LogP) is 3.23. The molecule has 1 unspecified atom stereocenters. The van der Waals surface area contributed by atoms with E-state index >= 15 is 0 Å². The molecule has 0 radical (unpaired) electrons. The molecule has 170 valence electrons. The summed E-state index contributed by atoms with van der Waals surface area (Å²) in [5.74, 6) is 0.135. The molecule has 1 saturated carbocycles. The number of rotatable bonds is 6. The van der Waals surface area contributed by atoms with Gasteiger partial charge in [-0.1, -0.05) is 17.7 Å². The zero-order chi connectivity index (χ0) is 22.8. The highest BCUT2D eigenvalue weighted by molar-refractivity contribution is 5.92. The smallest absolute Gasteiger partial charge is 0.246 e. The van der Waals surface area contributed by atoms with Gasteiger partial charge in [0.1, 0.15) is 0 Å². The molecule has 1 saturated heterocycles. The SMILES string of the molecule is Cc1ccc(-n2c(C)cc(/C=C/C(=O)N3CCN(C(C)C(=O)NC4CC4)CC3)c2C)cc1. The van der Waals surface area contributed by atoms with E-state index in [0.717, 1.165) is 48.6 Å². The predicted molar refractivity (Wildman–Crippen MR) is 128 cm³/mol. The third kappa shape index (κ3) is 4.96. The average molecular weight is 435 g/mol. The Hall–Kier alpha value is -2.86. The fourth-order valence-corrected chi connectivity index (χ4v) is 4.36. The van der Waals surface area contributed by atoms with Crippen molar-refractivity contribution in [2.24, 2.45) is 0 Å². The van der Waals surface area contributed by atoms with Crippen LogP contribution in [-0.2, 0) is 9.59 Å². The van der Waals surface area contributed by atoms with Gasteiger partial charge in [-0.25, -0.2) is 0 Å². The summed E-state index contributed by atoms with van der Waals surface area (Å²) >= 11 is 0. The minimum atomic E-state index is -0.143. The second kappa shape index (κ2) is 9.33. The lowest BCUT2D eigenvalue weighted by Crippen LogP contribution is -2.55. The van der Waals surface area contributed by atoms with Crippen LogP contribution < -0.4 is 5.32 Å². The number of nitrogens with zero attached hydrogens (tertiary/aromatic N) is 3. The Balaban J connectivity index is 1.35. The van der Waals surface area contributed by atoms with Gasteiger partial charge in [0.05, 0.1) is 6.04 Å². The highest BCUT2D eigenvalue weighted by atomic mass is 16.2. The fraction of sp³-hybridized carbons (Fsp3) is 0.462. The van der Waals surface area contributed by atoms with Crippen LogP contribution in [0.15, 0.2) is 36.4 Å². The van der Waals surface area contributed by atoms with E-state index in [9.17, 15) is 9.59 Å². The van der Waals surface area contributed by atoms with Crippen LogP contribution in [0.2, 0.25) is 0 Å². The van der Waals surface area contributed by atoms with Gasteiger partial charge in [0.25, 0.3) is 0 Å². The molecule has 4 rings (SSSR count). The van der Waals surface area contributed by atoms with Gasteiger partial charge < -0.3 is 14.8 Å². The molecule has 2 aliphatic rings. The molecule has 0 bridgehead atoms. The van der Waals surface area contributed by atoms with E-state index in [1.54, 1.807) is 6.08 Å². The first-order valence-corrected chi connectivity index (χ1v) is 11.6. The Kier molecular flexibility index (Phi) is 6.51. The topological polar surface area (TPSA) is 57.6 Å². The molecule has 32 heavy (non-hydrogen) atoms. The molecule has 0 spiro atoms. The number of carbonyl (C=O) groups excluding carboxylic acids is 2. The summed E-state index contributed by atoms with van der Waals surface area (Å²) in [4.78, 5) is 29.1. The van der Waals surface area contributed by atoms with Crippen molar-refractivity contribution in [3.8, 4) is 5.69 Å².